The standard InChI is InChI=1S/C16H32N2O/c1-5-14-10-17-16(6-2,7-3)12-18(14)11-15-9-8-13(4)19-15/h13-15,17H,5-12H2,1-4H3. The summed E-state index contributed by atoms with van der Waals surface area (Å²) in [4.78, 5) is 2.70. The SMILES string of the molecule is CCC1CNC(CC)(CC)CN1CC1CCC(C)O1. The van der Waals surface area contributed by atoms with Crippen molar-refractivity contribution in [1.82, 2.24) is 10.2 Å². The van der Waals surface area contributed by atoms with Crippen LogP contribution in [-0.4, -0.2) is 48.3 Å². The number of nitrogens with zero attached hydrogens (tertiary/aromatic N) is 1. The van der Waals surface area contributed by atoms with Gasteiger partial charge in [0.25, 0.3) is 0 Å². The van der Waals surface area contributed by atoms with E-state index >= 15 is 0 Å². The highest BCUT2D eigenvalue weighted by molar-refractivity contribution is 4.97. The first-order valence-electron chi connectivity index (χ1n) is 8.27. The Morgan fingerprint density at radius 2 is 1.95 bits per heavy atom. The minimum absolute atomic E-state index is 0.329. The van der Waals surface area contributed by atoms with Crippen LogP contribution in [0.1, 0.15) is 59.8 Å². The molecule has 19 heavy (non-hydrogen) atoms. The first-order valence-corrected chi connectivity index (χ1v) is 8.27. The minimum atomic E-state index is 0.329. The molecule has 2 aliphatic heterocycles. The van der Waals surface area contributed by atoms with Crippen molar-refractivity contribution in [1.29, 1.82) is 0 Å². The summed E-state index contributed by atoms with van der Waals surface area (Å²) in [5.41, 5.74) is 0.329. The number of hydrogen-bond acceptors (Lipinski definition) is 3. The molecular formula is C16H32N2O. The molecule has 2 heterocycles. The highest BCUT2D eigenvalue weighted by Gasteiger charge is 2.37. The summed E-state index contributed by atoms with van der Waals surface area (Å²) in [5.74, 6) is 0. The van der Waals surface area contributed by atoms with Crippen LogP contribution >= 0.6 is 0 Å². The van der Waals surface area contributed by atoms with Gasteiger partial charge < -0.3 is 10.1 Å². The van der Waals surface area contributed by atoms with Gasteiger partial charge in [-0.25, -0.2) is 0 Å². The molecule has 2 aliphatic rings. The van der Waals surface area contributed by atoms with E-state index in [9.17, 15) is 0 Å². The summed E-state index contributed by atoms with van der Waals surface area (Å²) >= 11 is 0. The zero-order chi connectivity index (χ0) is 13.9. The highest BCUT2D eigenvalue weighted by atomic mass is 16.5. The summed E-state index contributed by atoms with van der Waals surface area (Å²) in [7, 11) is 0. The molecule has 1 N–H and O–H groups in total. The van der Waals surface area contributed by atoms with E-state index in [1.54, 1.807) is 0 Å². The van der Waals surface area contributed by atoms with Crippen molar-refractivity contribution in [3.8, 4) is 0 Å². The Kier molecular flexibility index (Phi) is 5.27. The molecular weight excluding hydrogens is 236 g/mol. The van der Waals surface area contributed by atoms with Gasteiger partial charge in [0.2, 0.25) is 0 Å². The van der Waals surface area contributed by atoms with Crippen molar-refractivity contribution in [3.63, 3.8) is 0 Å². The zero-order valence-electron chi connectivity index (χ0n) is 13.2. The van der Waals surface area contributed by atoms with Gasteiger partial charge in [-0.3, -0.25) is 4.90 Å². The number of piperazine rings is 1. The maximum atomic E-state index is 6.03. The van der Waals surface area contributed by atoms with Gasteiger partial charge in [-0.2, -0.15) is 0 Å². The molecule has 2 fully saturated rings. The molecule has 3 unspecified atom stereocenters. The minimum Gasteiger partial charge on any atom is -0.374 e. The Morgan fingerprint density at radius 1 is 1.21 bits per heavy atom. The Labute approximate surface area is 119 Å². The van der Waals surface area contributed by atoms with Gasteiger partial charge >= 0.3 is 0 Å². The maximum Gasteiger partial charge on any atom is 0.0706 e. The summed E-state index contributed by atoms with van der Waals surface area (Å²) in [6, 6.07) is 0.686. The van der Waals surface area contributed by atoms with Crippen LogP contribution < -0.4 is 5.32 Å². The van der Waals surface area contributed by atoms with E-state index in [0.717, 1.165) is 13.1 Å². The van der Waals surface area contributed by atoms with E-state index < -0.39 is 0 Å². The van der Waals surface area contributed by atoms with Crippen LogP contribution in [0.5, 0.6) is 0 Å². The van der Waals surface area contributed by atoms with E-state index in [1.807, 2.05) is 0 Å². The third-order valence-corrected chi connectivity index (χ3v) is 5.32. The first-order chi connectivity index (χ1) is 9.12. The second-order valence-corrected chi connectivity index (χ2v) is 6.51. The molecule has 0 spiro atoms. The zero-order valence-corrected chi connectivity index (χ0v) is 13.2. The van der Waals surface area contributed by atoms with E-state index in [4.69, 9.17) is 4.74 Å². The molecule has 2 saturated heterocycles. The fourth-order valence-electron chi connectivity index (χ4n) is 3.66. The van der Waals surface area contributed by atoms with Crippen LogP contribution in [0.15, 0.2) is 0 Å². The molecule has 3 nitrogen and oxygen atoms in total. The van der Waals surface area contributed by atoms with Gasteiger partial charge in [-0.15, -0.1) is 0 Å². The van der Waals surface area contributed by atoms with Crippen molar-refractivity contribution >= 4 is 0 Å². The van der Waals surface area contributed by atoms with Gasteiger partial charge in [-0.1, -0.05) is 20.8 Å². The van der Waals surface area contributed by atoms with Gasteiger partial charge in [0.05, 0.1) is 12.2 Å². The van der Waals surface area contributed by atoms with Crippen LogP contribution in [0.25, 0.3) is 0 Å². The second kappa shape index (κ2) is 6.55. The Morgan fingerprint density at radius 3 is 2.47 bits per heavy atom. The molecule has 0 amide bonds. The topological polar surface area (TPSA) is 24.5 Å². The molecule has 0 aromatic carbocycles. The van der Waals surface area contributed by atoms with Crippen molar-refractivity contribution in [2.75, 3.05) is 19.6 Å². The summed E-state index contributed by atoms with van der Waals surface area (Å²) in [5, 5.41) is 3.81. The molecule has 0 radical (unpaired) electrons. The van der Waals surface area contributed by atoms with Crippen molar-refractivity contribution in [3.05, 3.63) is 0 Å². The smallest absolute Gasteiger partial charge is 0.0706 e. The predicted octanol–water partition coefficient (Wildman–Crippen LogP) is 2.80. The monoisotopic (exact) mass is 268 g/mol. The lowest BCUT2D eigenvalue weighted by atomic mass is 9.88. The molecule has 0 aromatic rings. The third kappa shape index (κ3) is 3.50. The van der Waals surface area contributed by atoms with Crippen LogP contribution in [-0.2, 0) is 4.74 Å². The summed E-state index contributed by atoms with van der Waals surface area (Å²) < 4.78 is 6.03. The molecule has 0 aromatic heterocycles. The quantitative estimate of drug-likeness (QED) is 0.830. The van der Waals surface area contributed by atoms with Gasteiger partial charge in [0.15, 0.2) is 0 Å². The second-order valence-electron chi connectivity index (χ2n) is 6.51. The van der Waals surface area contributed by atoms with Gasteiger partial charge in [0, 0.05) is 31.2 Å². The Bertz CT molecular complexity index is 278. The van der Waals surface area contributed by atoms with Gasteiger partial charge in [0.1, 0.15) is 0 Å². The summed E-state index contributed by atoms with van der Waals surface area (Å²) in [6.07, 6.45) is 7.09. The van der Waals surface area contributed by atoms with Crippen molar-refractivity contribution < 1.29 is 4.74 Å². The van der Waals surface area contributed by atoms with Crippen LogP contribution in [0, 0.1) is 0 Å². The first kappa shape index (κ1) is 15.3. The fraction of sp³-hybridized carbons (Fsp3) is 1.00. The normalized spacial score (nSPS) is 35.7. The highest BCUT2D eigenvalue weighted by Crippen LogP contribution is 2.27. The predicted molar refractivity (Wildman–Crippen MR) is 80.5 cm³/mol. The summed E-state index contributed by atoms with van der Waals surface area (Å²) in [6.45, 7) is 12.6. The van der Waals surface area contributed by atoms with Crippen molar-refractivity contribution in [2.24, 2.45) is 0 Å². The van der Waals surface area contributed by atoms with Crippen LogP contribution in [0.2, 0.25) is 0 Å². The Balaban J connectivity index is 1.97. The van der Waals surface area contributed by atoms with Crippen LogP contribution in [0.4, 0.5) is 0 Å². The van der Waals surface area contributed by atoms with E-state index in [2.05, 4.69) is 37.9 Å². The fourth-order valence-corrected chi connectivity index (χ4v) is 3.66. The largest absolute Gasteiger partial charge is 0.374 e. The van der Waals surface area contributed by atoms with Crippen molar-refractivity contribution in [2.45, 2.75) is 83.6 Å². The average molecular weight is 268 g/mol. The molecule has 0 bridgehead atoms. The third-order valence-electron chi connectivity index (χ3n) is 5.32. The molecule has 2 rings (SSSR count). The lowest BCUT2D eigenvalue weighted by molar-refractivity contribution is -0.00410. The maximum absolute atomic E-state index is 6.03. The van der Waals surface area contributed by atoms with Gasteiger partial charge in [-0.05, 0) is 39.0 Å². The molecule has 3 atom stereocenters. The lowest BCUT2D eigenvalue weighted by Crippen LogP contribution is -2.64. The van der Waals surface area contributed by atoms with E-state index in [1.165, 1.54) is 38.6 Å². The molecule has 112 valence electrons. The number of nitrogens with one attached hydrogen (secondary N) is 1. The average Bonchev–Trinajstić information content (AvgIpc) is 2.84. The Hall–Kier alpha value is -0.120. The van der Waals surface area contributed by atoms with E-state index in [0.29, 0.717) is 23.8 Å². The van der Waals surface area contributed by atoms with Crippen LogP contribution in [0.3, 0.4) is 0 Å². The number of hydrogen-bond donors (Lipinski definition) is 1. The molecule has 3 heteroatoms. The molecule has 0 saturated carbocycles. The lowest BCUT2D eigenvalue weighted by Gasteiger charge is -2.48. The molecule has 0 aliphatic carbocycles. The van der Waals surface area contributed by atoms with E-state index in [-0.39, 0.29) is 0 Å². The number of rotatable bonds is 5. The number of ether oxygens (including phenoxy) is 1.